The largest absolute Gasteiger partial charge is 0.379 e. The highest BCUT2D eigenvalue weighted by atomic mass is 127. The van der Waals surface area contributed by atoms with Crippen LogP contribution in [-0.2, 0) is 61.6 Å². The Morgan fingerprint density at radius 3 is 0.524 bits per heavy atom. The molecule has 254 valence electrons. The van der Waals surface area contributed by atoms with Crippen LogP contribution in [0.3, 0.4) is 0 Å². The van der Waals surface area contributed by atoms with Gasteiger partial charge in [-0.15, -0.1) is 0 Å². The van der Waals surface area contributed by atoms with Crippen molar-refractivity contribution in [3.8, 4) is 0 Å². The van der Waals surface area contributed by atoms with Gasteiger partial charge in [-0.05, 0) is 6.92 Å². The van der Waals surface area contributed by atoms with Crippen molar-refractivity contribution in [2.45, 2.75) is 6.92 Å². The fourth-order valence-corrected chi connectivity index (χ4v) is 3.15. The minimum absolute atomic E-state index is 0.516. The van der Waals surface area contributed by atoms with Crippen LogP contribution < -0.4 is 0 Å². The molecule has 0 aromatic rings. The van der Waals surface area contributed by atoms with E-state index in [-0.39, 0.29) is 0 Å². The third-order valence-electron chi connectivity index (χ3n) is 4.89. The Hall–Kier alpha value is 0.210. The lowest BCUT2D eigenvalue weighted by atomic mass is 10.6. The molecule has 0 aromatic heterocycles. The molecule has 0 bridgehead atoms. The summed E-state index contributed by atoms with van der Waals surface area (Å²) in [5.74, 6) is 0. The van der Waals surface area contributed by atoms with Crippen molar-refractivity contribution in [1.82, 2.24) is 0 Å². The van der Waals surface area contributed by atoms with Gasteiger partial charge in [0.1, 0.15) is 0 Å². The van der Waals surface area contributed by atoms with E-state index in [9.17, 15) is 0 Å². The maximum atomic E-state index is 5.47. The van der Waals surface area contributed by atoms with Crippen LogP contribution in [0.5, 0.6) is 0 Å². The average molecular weight is 729 g/mol. The normalized spacial score (nSPS) is 11.6. The number of halogens is 1. The molecule has 0 amide bonds. The monoisotopic (exact) mass is 728 g/mol. The van der Waals surface area contributed by atoms with Gasteiger partial charge in [-0.2, -0.15) is 0 Å². The second-order valence-corrected chi connectivity index (χ2v) is 9.31. The SMILES string of the molecule is CCOCCOCCOCCOCCOCCOCCOCCOCCOCCOCCOCCOCCOCCI. The zero-order chi connectivity index (χ0) is 30.3. The molecule has 0 aliphatic rings. The third kappa shape index (κ3) is 40.2. The number of rotatable bonds is 39. The summed E-state index contributed by atoms with van der Waals surface area (Å²) in [4.78, 5) is 0. The third-order valence-corrected chi connectivity index (χ3v) is 5.33. The van der Waals surface area contributed by atoms with E-state index in [4.69, 9.17) is 61.6 Å². The highest BCUT2D eigenvalue weighted by Gasteiger charge is 1.96. The van der Waals surface area contributed by atoms with Crippen LogP contribution in [0.2, 0.25) is 0 Å². The fraction of sp³-hybridized carbons (Fsp3) is 1.00. The molecule has 0 aliphatic carbocycles. The van der Waals surface area contributed by atoms with Gasteiger partial charge in [-0.25, -0.2) is 0 Å². The molecule has 0 fully saturated rings. The molecule has 0 atom stereocenters. The van der Waals surface area contributed by atoms with E-state index in [1.165, 1.54) is 0 Å². The van der Waals surface area contributed by atoms with Crippen molar-refractivity contribution in [3.63, 3.8) is 0 Å². The Labute approximate surface area is 266 Å². The number of hydrogen-bond acceptors (Lipinski definition) is 13. The Kier molecular flexibility index (Phi) is 41.4. The molecule has 13 nitrogen and oxygen atoms in total. The van der Waals surface area contributed by atoms with E-state index >= 15 is 0 Å². The molecule has 0 saturated heterocycles. The van der Waals surface area contributed by atoms with Crippen LogP contribution in [0.15, 0.2) is 0 Å². The molecule has 0 aliphatic heterocycles. The van der Waals surface area contributed by atoms with Gasteiger partial charge in [0.05, 0.1) is 165 Å². The fourth-order valence-electron chi connectivity index (χ4n) is 2.84. The van der Waals surface area contributed by atoms with Crippen molar-refractivity contribution in [2.75, 3.05) is 176 Å². The molecule has 42 heavy (non-hydrogen) atoms. The highest BCUT2D eigenvalue weighted by Crippen LogP contribution is 1.88. The average Bonchev–Trinajstić information content (AvgIpc) is 3.00. The number of ether oxygens (including phenoxy) is 13. The van der Waals surface area contributed by atoms with Crippen LogP contribution in [0, 0.1) is 0 Å². The van der Waals surface area contributed by atoms with Crippen LogP contribution in [0.25, 0.3) is 0 Å². The van der Waals surface area contributed by atoms with E-state index in [2.05, 4.69) is 22.6 Å². The van der Waals surface area contributed by atoms with Crippen molar-refractivity contribution < 1.29 is 61.6 Å². The molecule has 0 N–H and O–H groups in total. The maximum Gasteiger partial charge on any atom is 0.0701 e. The smallest absolute Gasteiger partial charge is 0.0701 e. The first-order valence-corrected chi connectivity index (χ1v) is 16.5. The molecule has 0 unspecified atom stereocenters. The van der Waals surface area contributed by atoms with E-state index in [0.717, 1.165) is 11.0 Å². The van der Waals surface area contributed by atoms with Crippen LogP contribution in [0.1, 0.15) is 6.92 Å². The first kappa shape index (κ1) is 42.2. The number of hydrogen-bond donors (Lipinski definition) is 0. The van der Waals surface area contributed by atoms with Gasteiger partial charge >= 0.3 is 0 Å². The van der Waals surface area contributed by atoms with Crippen LogP contribution in [-0.4, -0.2) is 176 Å². The van der Waals surface area contributed by atoms with E-state index in [1.54, 1.807) is 0 Å². The summed E-state index contributed by atoms with van der Waals surface area (Å²) in [6.45, 7) is 16.5. The minimum Gasteiger partial charge on any atom is -0.379 e. The first-order valence-electron chi connectivity index (χ1n) is 15.0. The van der Waals surface area contributed by atoms with Gasteiger partial charge in [0.25, 0.3) is 0 Å². The van der Waals surface area contributed by atoms with Crippen molar-refractivity contribution in [2.24, 2.45) is 0 Å². The zero-order valence-electron chi connectivity index (χ0n) is 25.8. The predicted molar refractivity (Wildman–Crippen MR) is 165 cm³/mol. The van der Waals surface area contributed by atoms with E-state index in [0.29, 0.717) is 165 Å². The van der Waals surface area contributed by atoms with Gasteiger partial charge in [-0.3, -0.25) is 0 Å². The standard InChI is InChI=1S/C28H57IO13/c1-2-30-5-6-32-9-10-34-13-14-36-17-18-38-21-22-40-25-26-42-28-27-41-24-23-39-20-19-37-16-15-35-12-11-33-8-7-31-4-3-29/h2-28H2,1H3. The van der Waals surface area contributed by atoms with Gasteiger partial charge in [0.2, 0.25) is 0 Å². The van der Waals surface area contributed by atoms with Crippen molar-refractivity contribution in [3.05, 3.63) is 0 Å². The minimum atomic E-state index is 0.516. The summed E-state index contributed by atoms with van der Waals surface area (Å²) >= 11 is 2.28. The van der Waals surface area contributed by atoms with Crippen molar-refractivity contribution in [1.29, 1.82) is 0 Å². The summed E-state index contributed by atoms with van der Waals surface area (Å²) in [6.07, 6.45) is 0. The molecule has 0 radical (unpaired) electrons. The predicted octanol–water partition coefficient (Wildman–Crippen LogP) is 1.66. The maximum absolute atomic E-state index is 5.47. The topological polar surface area (TPSA) is 120 Å². The molecule has 0 heterocycles. The summed E-state index contributed by atoms with van der Waals surface area (Å²) in [7, 11) is 0. The second-order valence-electron chi connectivity index (χ2n) is 8.23. The Balaban J connectivity index is 3.02. The van der Waals surface area contributed by atoms with Gasteiger partial charge in [0, 0.05) is 11.0 Å². The second kappa shape index (κ2) is 41.2. The molecule has 14 heteroatoms. The lowest BCUT2D eigenvalue weighted by Gasteiger charge is -2.09. The molecule has 0 rings (SSSR count). The van der Waals surface area contributed by atoms with Gasteiger partial charge < -0.3 is 61.6 Å². The van der Waals surface area contributed by atoms with Gasteiger partial charge in [-0.1, -0.05) is 22.6 Å². The Bertz CT molecular complexity index is 430. The summed E-state index contributed by atoms with van der Waals surface area (Å²) in [5, 5.41) is 0. The molecular formula is C28H57IO13. The van der Waals surface area contributed by atoms with Gasteiger partial charge in [0.15, 0.2) is 0 Å². The lowest BCUT2D eigenvalue weighted by Crippen LogP contribution is -2.15. The van der Waals surface area contributed by atoms with E-state index < -0.39 is 0 Å². The van der Waals surface area contributed by atoms with Crippen LogP contribution >= 0.6 is 22.6 Å². The zero-order valence-corrected chi connectivity index (χ0v) is 27.9. The van der Waals surface area contributed by atoms with Crippen molar-refractivity contribution >= 4 is 22.6 Å². The van der Waals surface area contributed by atoms with Crippen LogP contribution in [0.4, 0.5) is 0 Å². The molecule has 0 saturated carbocycles. The Morgan fingerprint density at radius 2 is 0.381 bits per heavy atom. The summed E-state index contributed by atoms with van der Waals surface area (Å²) in [5.41, 5.74) is 0. The Morgan fingerprint density at radius 1 is 0.238 bits per heavy atom. The summed E-state index contributed by atoms with van der Waals surface area (Å²) < 4.78 is 71.3. The quantitative estimate of drug-likeness (QED) is 0.0519. The first-order chi connectivity index (χ1) is 20.9. The highest BCUT2D eigenvalue weighted by molar-refractivity contribution is 14.1. The molecule has 0 aromatic carbocycles. The molecule has 0 spiro atoms. The summed E-state index contributed by atoms with van der Waals surface area (Å²) in [6, 6.07) is 0. The van der Waals surface area contributed by atoms with E-state index in [1.807, 2.05) is 6.92 Å². The lowest BCUT2D eigenvalue weighted by molar-refractivity contribution is -0.0288. The number of alkyl halides is 1. The molecular weight excluding hydrogens is 671 g/mol.